The zero-order valence-electron chi connectivity index (χ0n) is 21.4. The van der Waals surface area contributed by atoms with Gasteiger partial charge in [0.2, 0.25) is 0 Å². The fourth-order valence-corrected chi connectivity index (χ4v) is 6.53. The van der Waals surface area contributed by atoms with Gasteiger partial charge >= 0.3 is 0 Å². The van der Waals surface area contributed by atoms with Crippen LogP contribution in [0.15, 0.2) is 138 Å². The maximum atomic E-state index is 6.27. The van der Waals surface area contributed by atoms with Crippen LogP contribution in [0.4, 0.5) is 0 Å². The Hall–Kier alpha value is -5.06. The second-order valence-corrected chi connectivity index (χ2v) is 10.9. The van der Waals surface area contributed by atoms with E-state index >= 15 is 0 Å². The molecular formula is C36H22N2OS. The molecule has 8 aromatic rings. The fourth-order valence-electron chi connectivity index (χ4n) is 5.39. The summed E-state index contributed by atoms with van der Waals surface area (Å²) in [7, 11) is 0. The predicted molar refractivity (Wildman–Crippen MR) is 166 cm³/mol. The van der Waals surface area contributed by atoms with E-state index < -0.39 is 0 Å². The molecule has 8 rings (SSSR count). The minimum atomic E-state index is 0.676. The molecule has 0 unspecified atom stereocenters. The number of hydrogen-bond donors (Lipinski definition) is 0. The van der Waals surface area contributed by atoms with E-state index in [1.54, 1.807) is 11.3 Å². The van der Waals surface area contributed by atoms with Crippen LogP contribution in [0.5, 0.6) is 0 Å². The molecule has 3 heterocycles. The van der Waals surface area contributed by atoms with Crippen molar-refractivity contribution in [2.24, 2.45) is 0 Å². The number of benzene rings is 5. The van der Waals surface area contributed by atoms with Crippen LogP contribution in [-0.4, -0.2) is 9.97 Å². The smallest absolute Gasteiger partial charge is 0.160 e. The zero-order chi connectivity index (χ0) is 26.5. The van der Waals surface area contributed by atoms with E-state index in [4.69, 9.17) is 14.4 Å². The summed E-state index contributed by atoms with van der Waals surface area (Å²) in [4.78, 5) is 10.2. The fraction of sp³-hybridized carbons (Fsp3) is 0. The Balaban J connectivity index is 1.36. The Morgan fingerprint density at radius 3 is 2.12 bits per heavy atom. The van der Waals surface area contributed by atoms with Gasteiger partial charge in [-0.05, 0) is 41.5 Å². The van der Waals surface area contributed by atoms with E-state index in [1.165, 1.54) is 20.2 Å². The average Bonchev–Trinajstić information content (AvgIpc) is 3.63. The van der Waals surface area contributed by atoms with E-state index in [2.05, 4.69) is 103 Å². The van der Waals surface area contributed by atoms with Gasteiger partial charge in [-0.3, -0.25) is 0 Å². The lowest BCUT2D eigenvalue weighted by Crippen LogP contribution is -1.96. The van der Waals surface area contributed by atoms with E-state index in [0.29, 0.717) is 5.82 Å². The largest absolute Gasteiger partial charge is 0.454 e. The zero-order valence-corrected chi connectivity index (χ0v) is 22.2. The van der Waals surface area contributed by atoms with E-state index in [-0.39, 0.29) is 0 Å². The third-order valence-electron chi connectivity index (χ3n) is 7.33. The van der Waals surface area contributed by atoms with E-state index in [1.807, 2.05) is 30.3 Å². The van der Waals surface area contributed by atoms with Crippen molar-refractivity contribution in [1.29, 1.82) is 0 Å². The summed E-state index contributed by atoms with van der Waals surface area (Å²) in [6.07, 6.45) is 0. The Morgan fingerprint density at radius 2 is 1.23 bits per heavy atom. The highest BCUT2D eigenvalue weighted by molar-refractivity contribution is 7.25. The third-order valence-corrected chi connectivity index (χ3v) is 8.46. The van der Waals surface area contributed by atoms with E-state index in [9.17, 15) is 0 Å². The van der Waals surface area contributed by atoms with Crippen molar-refractivity contribution in [3.63, 3.8) is 0 Å². The van der Waals surface area contributed by atoms with Crippen LogP contribution in [-0.2, 0) is 0 Å². The van der Waals surface area contributed by atoms with Crippen LogP contribution in [0.25, 0.3) is 76.4 Å². The molecule has 0 aliphatic heterocycles. The molecule has 0 saturated heterocycles. The van der Waals surface area contributed by atoms with Gasteiger partial charge in [-0.25, -0.2) is 9.97 Å². The molecule has 3 aromatic heterocycles. The molecule has 0 N–H and O–H groups in total. The number of thiophene rings is 1. The van der Waals surface area contributed by atoms with Crippen molar-refractivity contribution >= 4 is 42.5 Å². The van der Waals surface area contributed by atoms with Crippen LogP contribution in [0.2, 0.25) is 0 Å². The maximum Gasteiger partial charge on any atom is 0.160 e. The standard InChI is InChI=1S/C36H22N2OS/c1-2-10-23(11-3-1)26-13-5-6-14-27(26)30-22-31(33-20-24-12-4-8-16-32(24)39-33)38-36(37-30)25-18-19-29-28-15-7-9-17-34(28)40-35(29)21-25/h1-22H. The highest BCUT2D eigenvalue weighted by Crippen LogP contribution is 2.38. The maximum absolute atomic E-state index is 6.27. The SMILES string of the molecule is c1ccc(-c2ccccc2-c2cc(-c3cc4ccccc4o3)nc(-c3ccc4c(c3)sc3ccccc34)n2)cc1. The van der Waals surface area contributed by atoms with Gasteiger partial charge in [0.05, 0.1) is 5.69 Å². The van der Waals surface area contributed by atoms with Gasteiger partial charge in [-0.1, -0.05) is 103 Å². The summed E-state index contributed by atoms with van der Waals surface area (Å²) in [5.74, 6) is 1.40. The number of furan rings is 1. The monoisotopic (exact) mass is 530 g/mol. The lowest BCUT2D eigenvalue weighted by atomic mass is 9.97. The van der Waals surface area contributed by atoms with Gasteiger partial charge in [0.1, 0.15) is 11.3 Å². The van der Waals surface area contributed by atoms with Crippen molar-refractivity contribution in [2.75, 3.05) is 0 Å². The van der Waals surface area contributed by atoms with Gasteiger partial charge in [0, 0.05) is 36.7 Å². The predicted octanol–water partition coefficient (Wildman–Crippen LogP) is 10.3. The summed E-state index contributed by atoms with van der Waals surface area (Å²) in [6, 6.07) is 46.1. The summed E-state index contributed by atoms with van der Waals surface area (Å²) in [6.45, 7) is 0. The van der Waals surface area contributed by atoms with Crippen molar-refractivity contribution in [3.05, 3.63) is 133 Å². The molecule has 0 bridgehead atoms. The minimum absolute atomic E-state index is 0.676. The molecule has 5 aromatic carbocycles. The molecule has 0 saturated carbocycles. The van der Waals surface area contributed by atoms with Crippen molar-refractivity contribution in [3.8, 4) is 45.2 Å². The number of hydrogen-bond acceptors (Lipinski definition) is 4. The molecule has 0 atom stereocenters. The number of aromatic nitrogens is 2. The lowest BCUT2D eigenvalue weighted by Gasteiger charge is -2.12. The molecular weight excluding hydrogens is 508 g/mol. The van der Waals surface area contributed by atoms with E-state index in [0.717, 1.165) is 50.4 Å². The molecule has 40 heavy (non-hydrogen) atoms. The van der Waals surface area contributed by atoms with Crippen molar-refractivity contribution in [1.82, 2.24) is 9.97 Å². The summed E-state index contributed by atoms with van der Waals surface area (Å²) in [5, 5.41) is 3.59. The van der Waals surface area contributed by atoms with Gasteiger partial charge in [0.25, 0.3) is 0 Å². The second-order valence-electron chi connectivity index (χ2n) is 9.83. The van der Waals surface area contributed by atoms with Crippen LogP contribution in [0.1, 0.15) is 0 Å². The van der Waals surface area contributed by atoms with Crippen molar-refractivity contribution in [2.45, 2.75) is 0 Å². The Morgan fingerprint density at radius 1 is 0.500 bits per heavy atom. The van der Waals surface area contributed by atoms with Crippen molar-refractivity contribution < 1.29 is 4.42 Å². The van der Waals surface area contributed by atoms with Crippen LogP contribution >= 0.6 is 11.3 Å². The third kappa shape index (κ3) is 3.89. The molecule has 0 aliphatic carbocycles. The average molecular weight is 531 g/mol. The Kier molecular flexibility index (Phi) is 5.32. The lowest BCUT2D eigenvalue weighted by molar-refractivity contribution is 0.628. The molecule has 0 aliphatic rings. The summed E-state index contributed by atoms with van der Waals surface area (Å²) in [5.41, 5.74) is 6.77. The van der Waals surface area contributed by atoms with Gasteiger partial charge in [0.15, 0.2) is 11.6 Å². The van der Waals surface area contributed by atoms with Crippen LogP contribution < -0.4 is 0 Å². The minimum Gasteiger partial charge on any atom is -0.454 e. The number of rotatable bonds is 4. The van der Waals surface area contributed by atoms with Gasteiger partial charge in [-0.15, -0.1) is 11.3 Å². The molecule has 0 amide bonds. The summed E-state index contributed by atoms with van der Waals surface area (Å²) >= 11 is 1.80. The quantitative estimate of drug-likeness (QED) is 0.227. The number of nitrogens with zero attached hydrogens (tertiary/aromatic N) is 2. The van der Waals surface area contributed by atoms with Crippen LogP contribution in [0.3, 0.4) is 0 Å². The molecule has 0 radical (unpaired) electrons. The van der Waals surface area contributed by atoms with Crippen LogP contribution in [0, 0.1) is 0 Å². The highest BCUT2D eigenvalue weighted by atomic mass is 32.1. The molecule has 0 fully saturated rings. The first-order valence-corrected chi connectivity index (χ1v) is 14.1. The first-order valence-electron chi connectivity index (χ1n) is 13.2. The van der Waals surface area contributed by atoms with Gasteiger partial charge < -0.3 is 4.42 Å². The topological polar surface area (TPSA) is 38.9 Å². The molecule has 4 heteroatoms. The number of fused-ring (bicyclic) bond motifs is 4. The summed E-state index contributed by atoms with van der Waals surface area (Å²) < 4.78 is 8.78. The number of para-hydroxylation sites is 1. The Bertz CT molecular complexity index is 2140. The first kappa shape index (κ1) is 22.9. The Labute approximate surface area is 235 Å². The highest BCUT2D eigenvalue weighted by Gasteiger charge is 2.17. The molecule has 3 nitrogen and oxygen atoms in total. The second kappa shape index (κ2) is 9.30. The molecule has 0 spiro atoms. The molecule has 188 valence electrons. The van der Waals surface area contributed by atoms with Gasteiger partial charge in [-0.2, -0.15) is 0 Å². The first-order chi connectivity index (χ1) is 19.8. The normalized spacial score (nSPS) is 11.5.